The number of rotatable bonds is 4. The van der Waals surface area contributed by atoms with E-state index in [2.05, 4.69) is 15.3 Å². The molecule has 1 atom stereocenters. The number of carbonyl (C=O) groups is 1. The van der Waals surface area contributed by atoms with Crippen LogP contribution in [0.25, 0.3) is 0 Å². The van der Waals surface area contributed by atoms with E-state index >= 15 is 0 Å². The first-order chi connectivity index (χ1) is 9.56. The van der Waals surface area contributed by atoms with Crippen LogP contribution in [0.15, 0.2) is 36.7 Å². The summed E-state index contributed by atoms with van der Waals surface area (Å²) in [4.78, 5) is 19.7. The zero-order valence-electron chi connectivity index (χ0n) is 10.8. The Morgan fingerprint density at radius 1 is 1.25 bits per heavy atom. The molecule has 0 spiro atoms. The molecule has 1 amide bonds. The molecule has 20 heavy (non-hydrogen) atoms. The molecule has 1 N–H and O–H groups in total. The van der Waals surface area contributed by atoms with Crippen molar-refractivity contribution >= 4 is 29.1 Å². The standard InChI is InChI=1S/C14H13Cl2N3O/c1-9(6-10-4-2-3-5-11(10)15)19-14(20)12-7-18-13(16)8-17-12/h2-5,7-9H,6H2,1H3,(H,19,20). The topological polar surface area (TPSA) is 54.9 Å². The van der Waals surface area contributed by atoms with Crippen LogP contribution < -0.4 is 5.32 Å². The SMILES string of the molecule is CC(Cc1ccccc1Cl)NC(=O)c1cnc(Cl)cn1. The fourth-order valence-corrected chi connectivity index (χ4v) is 2.08. The van der Waals surface area contributed by atoms with Crippen LogP contribution in [0.5, 0.6) is 0 Å². The Morgan fingerprint density at radius 2 is 2.00 bits per heavy atom. The van der Waals surface area contributed by atoms with Crippen LogP contribution in [0.1, 0.15) is 23.0 Å². The van der Waals surface area contributed by atoms with Crippen molar-refractivity contribution in [1.82, 2.24) is 15.3 Å². The summed E-state index contributed by atoms with van der Waals surface area (Å²) in [6, 6.07) is 7.49. The summed E-state index contributed by atoms with van der Waals surface area (Å²) in [5.41, 5.74) is 1.23. The molecular weight excluding hydrogens is 297 g/mol. The molecule has 0 aliphatic heterocycles. The molecule has 0 bridgehead atoms. The second-order valence-electron chi connectivity index (χ2n) is 4.39. The van der Waals surface area contributed by atoms with Gasteiger partial charge in [0.1, 0.15) is 10.8 Å². The minimum absolute atomic E-state index is 0.0696. The normalized spacial score (nSPS) is 11.9. The highest BCUT2D eigenvalue weighted by molar-refractivity contribution is 6.31. The smallest absolute Gasteiger partial charge is 0.271 e. The van der Waals surface area contributed by atoms with Crippen molar-refractivity contribution in [3.8, 4) is 0 Å². The Hall–Kier alpha value is -1.65. The number of hydrogen-bond acceptors (Lipinski definition) is 3. The van der Waals surface area contributed by atoms with E-state index in [0.29, 0.717) is 11.4 Å². The lowest BCUT2D eigenvalue weighted by Gasteiger charge is -2.14. The van der Waals surface area contributed by atoms with Gasteiger partial charge in [-0.15, -0.1) is 0 Å². The molecule has 0 aliphatic rings. The minimum Gasteiger partial charge on any atom is -0.348 e. The Kier molecular flexibility index (Phi) is 4.93. The van der Waals surface area contributed by atoms with Gasteiger partial charge in [0.2, 0.25) is 0 Å². The van der Waals surface area contributed by atoms with Gasteiger partial charge in [0.15, 0.2) is 0 Å². The van der Waals surface area contributed by atoms with Gasteiger partial charge in [0, 0.05) is 11.1 Å². The highest BCUT2D eigenvalue weighted by Gasteiger charge is 2.13. The quantitative estimate of drug-likeness (QED) is 0.944. The van der Waals surface area contributed by atoms with E-state index in [-0.39, 0.29) is 22.8 Å². The number of carbonyl (C=O) groups excluding carboxylic acids is 1. The van der Waals surface area contributed by atoms with E-state index in [1.54, 1.807) is 0 Å². The fraction of sp³-hybridized carbons (Fsp3) is 0.214. The molecule has 0 radical (unpaired) electrons. The average Bonchev–Trinajstić information content (AvgIpc) is 2.42. The Balaban J connectivity index is 1.98. The largest absolute Gasteiger partial charge is 0.348 e. The van der Waals surface area contributed by atoms with Crippen molar-refractivity contribution < 1.29 is 4.79 Å². The molecule has 1 aromatic heterocycles. The van der Waals surface area contributed by atoms with E-state index < -0.39 is 0 Å². The van der Waals surface area contributed by atoms with Crippen LogP contribution in [0, 0.1) is 0 Å². The molecule has 1 heterocycles. The molecule has 0 saturated carbocycles. The predicted molar refractivity (Wildman–Crippen MR) is 79.1 cm³/mol. The highest BCUT2D eigenvalue weighted by Crippen LogP contribution is 2.16. The first-order valence-corrected chi connectivity index (χ1v) is 6.83. The number of hydrogen-bond donors (Lipinski definition) is 1. The van der Waals surface area contributed by atoms with Gasteiger partial charge in [0.05, 0.1) is 12.4 Å². The van der Waals surface area contributed by atoms with Crippen LogP contribution in [-0.2, 0) is 6.42 Å². The molecular formula is C14H13Cl2N3O. The van der Waals surface area contributed by atoms with Gasteiger partial charge in [-0.1, -0.05) is 41.4 Å². The van der Waals surface area contributed by atoms with Gasteiger partial charge in [-0.3, -0.25) is 4.79 Å². The van der Waals surface area contributed by atoms with E-state index in [4.69, 9.17) is 23.2 Å². The van der Waals surface area contributed by atoms with Gasteiger partial charge >= 0.3 is 0 Å². The zero-order valence-corrected chi connectivity index (χ0v) is 12.3. The van der Waals surface area contributed by atoms with Crippen LogP contribution in [-0.4, -0.2) is 21.9 Å². The van der Waals surface area contributed by atoms with Crippen molar-refractivity contribution in [1.29, 1.82) is 0 Å². The molecule has 2 aromatic rings. The lowest BCUT2D eigenvalue weighted by molar-refractivity contribution is 0.0934. The molecule has 0 aliphatic carbocycles. The minimum atomic E-state index is -0.284. The maximum absolute atomic E-state index is 12.0. The second kappa shape index (κ2) is 6.68. The Morgan fingerprint density at radius 3 is 2.65 bits per heavy atom. The van der Waals surface area contributed by atoms with Crippen molar-refractivity contribution in [3.05, 3.63) is 58.1 Å². The third-order valence-electron chi connectivity index (χ3n) is 2.71. The molecule has 4 nitrogen and oxygen atoms in total. The monoisotopic (exact) mass is 309 g/mol. The predicted octanol–water partition coefficient (Wildman–Crippen LogP) is 3.14. The lowest BCUT2D eigenvalue weighted by Crippen LogP contribution is -2.34. The number of benzene rings is 1. The molecule has 104 valence electrons. The van der Waals surface area contributed by atoms with Gasteiger partial charge in [0.25, 0.3) is 5.91 Å². The van der Waals surface area contributed by atoms with E-state index in [0.717, 1.165) is 5.56 Å². The Labute approximate surface area is 127 Å². The zero-order chi connectivity index (χ0) is 14.5. The summed E-state index contributed by atoms with van der Waals surface area (Å²) in [6.45, 7) is 1.91. The van der Waals surface area contributed by atoms with Crippen molar-refractivity contribution in [2.24, 2.45) is 0 Å². The average molecular weight is 310 g/mol. The summed E-state index contributed by atoms with van der Waals surface area (Å²) >= 11 is 11.7. The summed E-state index contributed by atoms with van der Waals surface area (Å²) < 4.78 is 0. The van der Waals surface area contributed by atoms with Crippen LogP contribution in [0.4, 0.5) is 0 Å². The highest BCUT2D eigenvalue weighted by atomic mass is 35.5. The molecule has 1 unspecified atom stereocenters. The third-order valence-corrected chi connectivity index (χ3v) is 3.28. The fourth-order valence-electron chi connectivity index (χ4n) is 1.77. The summed E-state index contributed by atoms with van der Waals surface area (Å²) in [5.74, 6) is -0.284. The Bertz CT molecular complexity index is 602. The number of nitrogens with one attached hydrogen (secondary N) is 1. The van der Waals surface area contributed by atoms with Crippen LogP contribution in [0.3, 0.4) is 0 Å². The summed E-state index contributed by atoms with van der Waals surface area (Å²) in [5, 5.41) is 3.80. The number of aromatic nitrogens is 2. The maximum Gasteiger partial charge on any atom is 0.271 e. The van der Waals surface area contributed by atoms with E-state index in [9.17, 15) is 4.79 Å². The van der Waals surface area contributed by atoms with Crippen LogP contribution in [0.2, 0.25) is 10.2 Å². The van der Waals surface area contributed by atoms with E-state index in [1.807, 2.05) is 31.2 Å². The van der Waals surface area contributed by atoms with Crippen molar-refractivity contribution in [2.45, 2.75) is 19.4 Å². The maximum atomic E-state index is 12.0. The van der Waals surface area contributed by atoms with Gasteiger partial charge in [-0.2, -0.15) is 0 Å². The molecule has 0 fully saturated rings. The molecule has 2 rings (SSSR count). The molecule has 1 aromatic carbocycles. The van der Waals surface area contributed by atoms with Gasteiger partial charge in [-0.25, -0.2) is 9.97 Å². The summed E-state index contributed by atoms with van der Waals surface area (Å²) in [6.07, 6.45) is 3.33. The third kappa shape index (κ3) is 3.92. The van der Waals surface area contributed by atoms with Crippen molar-refractivity contribution in [3.63, 3.8) is 0 Å². The number of amides is 1. The second-order valence-corrected chi connectivity index (χ2v) is 5.19. The first-order valence-electron chi connectivity index (χ1n) is 6.08. The van der Waals surface area contributed by atoms with Crippen molar-refractivity contribution in [2.75, 3.05) is 0 Å². The first kappa shape index (κ1) is 14.8. The summed E-state index contributed by atoms with van der Waals surface area (Å²) in [7, 11) is 0. The number of halogens is 2. The van der Waals surface area contributed by atoms with E-state index in [1.165, 1.54) is 12.4 Å². The van der Waals surface area contributed by atoms with Gasteiger partial charge < -0.3 is 5.32 Å². The lowest BCUT2D eigenvalue weighted by atomic mass is 10.1. The molecule has 0 saturated heterocycles. The number of nitrogens with zero attached hydrogens (tertiary/aromatic N) is 2. The molecule has 6 heteroatoms. The van der Waals surface area contributed by atoms with Gasteiger partial charge in [-0.05, 0) is 25.0 Å². The van der Waals surface area contributed by atoms with Crippen LogP contribution >= 0.6 is 23.2 Å².